The van der Waals surface area contributed by atoms with Crippen LogP contribution in [0.5, 0.6) is 0 Å². The molecular formula is C28H48N2O6S. The molecule has 212 valence electrons. The summed E-state index contributed by atoms with van der Waals surface area (Å²) in [6.07, 6.45) is 0.933. The van der Waals surface area contributed by atoms with Gasteiger partial charge in [-0.25, -0.2) is 4.98 Å². The number of aryl methyl sites for hydroxylation is 1. The summed E-state index contributed by atoms with van der Waals surface area (Å²) in [7, 11) is 1.68. The number of thiazole rings is 1. The Morgan fingerprint density at radius 2 is 1.81 bits per heavy atom. The molecule has 0 aliphatic rings. The number of methoxy groups -OCH3 is 1. The highest BCUT2D eigenvalue weighted by Crippen LogP contribution is 2.32. The third kappa shape index (κ3) is 10.6. The summed E-state index contributed by atoms with van der Waals surface area (Å²) < 4.78 is 5.44. The Kier molecular flexibility index (Phi) is 13.1. The molecule has 1 aromatic rings. The summed E-state index contributed by atoms with van der Waals surface area (Å²) in [6, 6.07) is 0. The SMILES string of the molecule is COC(C)(C)CCCC(C)C(O)C(C)C(=O)C(C)(C)C(O)CC(=O)NCC(O)/C(C)=C/c1csc(C)n1. The summed E-state index contributed by atoms with van der Waals surface area (Å²) in [6.45, 7) is 14.5. The van der Waals surface area contributed by atoms with Crippen LogP contribution in [-0.4, -0.2) is 69.6 Å². The zero-order chi connectivity index (χ0) is 28.6. The van der Waals surface area contributed by atoms with E-state index in [0.29, 0.717) is 5.57 Å². The van der Waals surface area contributed by atoms with Gasteiger partial charge in [0.05, 0.1) is 46.5 Å². The van der Waals surface area contributed by atoms with Crippen molar-refractivity contribution >= 4 is 29.1 Å². The monoisotopic (exact) mass is 540 g/mol. The fourth-order valence-corrected chi connectivity index (χ4v) is 4.74. The zero-order valence-corrected chi connectivity index (χ0v) is 24.8. The van der Waals surface area contributed by atoms with Crippen LogP contribution in [0.15, 0.2) is 11.0 Å². The van der Waals surface area contributed by atoms with Crippen LogP contribution in [0.4, 0.5) is 0 Å². The molecule has 0 fully saturated rings. The summed E-state index contributed by atoms with van der Waals surface area (Å²) in [4.78, 5) is 30.0. The van der Waals surface area contributed by atoms with Crippen molar-refractivity contribution < 1.29 is 29.6 Å². The van der Waals surface area contributed by atoms with E-state index in [2.05, 4.69) is 10.3 Å². The van der Waals surface area contributed by atoms with Gasteiger partial charge in [0.2, 0.25) is 5.91 Å². The third-order valence-corrected chi connectivity index (χ3v) is 8.17. The topological polar surface area (TPSA) is 129 Å². The second kappa shape index (κ2) is 14.5. The summed E-state index contributed by atoms with van der Waals surface area (Å²) in [5, 5.41) is 37.4. The number of Topliss-reactive ketones (excluding diaryl/α,β-unsaturated/α-hetero) is 1. The number of ether oxygens (including phenoxy) is 1. The highest BCUT2D eigenvalue weighted by molar-refractivity contribution is 7.09. The molecule has 0 radical (unpaired) electrons. The number of aliphatic hydroxyl groups excluding tert-OH is 3. The lowest BCUT2D eigenvalue weighted by atomic mass is 9.73. The fourth-order valence-electron chi connectivity index (χ4n) is 4.17. The van der Waals surface area contributed by atoms with Crippen molar-refractivity contribution in [3.63, 3.8) is 0 Å². The molecule has 5 unspecified atom stereocenters. The number of aliphatic hydroxyl groups is 3. The van der Waals surface area contributed by atoms with E-state index in [-0.39, 0.29) is 30.3 Å². The molecule has 0 bridgehead atoms. The van der Waals surface area contributed by atoms with Gasteiger partial charge in [0.25, 0.3) is 0 Å². The Morgan fingerprint density at radius 1 is 1.19 bits per heavy atom. The van der Waals surface area contributed by atoms with Crippen molar-refractivity contribution in [3.05, 3.63) is 21.7 Å². The van der Waals surface area contributed by atoms with Crippen LogP contribution in [0, 0.1) is 24.2 Å². The summed E-state index contributed by atoms with van der Waals surface area (Å²) in [5.41, 5.74) is -0.0498. The Labute approximate surface area is 226 Å². The maximum Gasteiger partial charge on any atom is 0.222 e. The Bertz CT molecular complexity index is 910. The number of amides is 1. The van der Waals surface area contributed by atoms with E-state index >= 15 is 0 Å². The minimum absolute atomic E-state index is 0.0160. The highest BCUT2D eigenvalue weighted by atomic mass is 32.1. The molecule has 1 rings (SSSR count). The largest absolute Gasteiger partial charge is 0.392 e. The molecule has 1 heterocycles. The third-order valence-electron chi connectivity index (χ3n) is 7.38. The predicted molar refractivity (Wildman–Crippen MR) is 148 cm³/mol. The first-order chi connectivity index (χ1) is 17.0. The molecule has 1 amide bonds. The van der Waals surface area contributed by atoms with E-state index in [0.717, 1.165) is 30.0 Å². The van der Waals surface area contributed by atoms with E-state index in [1.54, 1.807) is 40.9 Å². The van der Waals surface area contributed by atoms with Gasteiger partial charge < -0.3 is 25.4 Å². The van der Waals surface area contributed by atoms with E-state index in [1.165, 1.54) is 11.3 Å². The van der Waals surface area contributed by atoms with Gasteiger partial charge in [-0.3, -0.25) is 9.59 Å². The summed E-state index contributed by atoms with van der Waals surface area (Å²) in [5.74, 6) is -1.55. The normalized spacial score (nSPS) is 17.1. The van der Waals surface area contributed by atoms with Crippen LogP contribution >= 0.6 is 11.3 Å². The molecule has 0 aromatic carbocycles. The van der Waals surface area contributed by atoms with Crippen molar-refractivity contribution in [2.75, 3.05) is 13.7 Å². The summed E-state index contributed by atoms with van der Waals surface area (Å²) >= 11 is 1.52. The average Bonchev–Trinajstić information content (AvgIpc) is 3.24. The van der Waals surface area contributed by atoms with E-state index < -0.39 is 35.6 Å². The number of rotatable bonds is 16. The first-order valence-electron chi connectivity index (χ1n) is 13.0. The Hall–Kier alpha value is -1.65. The zero-order valence-electron chi connectivity index (χ0n) is 24.0. The molecule has 0 spiro atoms. The van der Waals surface area contributed by atoms with Crippen molar-refractivity contribution in [2.45, 2.75) is 105 Å². The molecular weight excluding hydrogens is 492 g/mol. The minimum Gasteiger partial charge on any atom is -0.392 e. The van der Waals surface area contributed by atoms with Crippen LogP contribution in [0.1, 0.15) is 84.9 Å². The van der Waals surface area contributed by atoms with Crippen molar-refractivity contribution in [1.29, 1.82) is 0 Å². The van der Waals surface area contributed by atoms with Crippen LogP contribution in [-0.2, 0) is 14.3 Å². The maximum atomic E-state index is 13.2. The minimum atomic E-state index is -1.24. The first-order valence-corrected chi connectivity index (χ1v) is 13.9. The van der Waals surface area contributed by atoms with Gasteiger partial charge in [-0.15, -0.1) is 11.3 Å². The lowest BCUT2D eigenvalue weighted by Gasteiger charge is -2.34. The first kappa shape index (κ1) is 33.4. The quantitative estimate of drug-likeness (QED) is 0.250. The Balaban J connectivity index is 2.61. The molecule has 0 aliphatic heterocycles. The molecule has 0 saturated heterocycles. The molecule has 37 heavy (non-hydrogen) atoms. The number of carbonyl (C=O) groups excluding carboxylic acids is 2. The second-order valence-electron chi connectivity index (χ2n) is 11.4. The van der Waals surface area contributed by atoms with Gasteiger partial charge in [0, 0.05) is 25.0 Å². The maximum absolute atomic E-state index is 13.2. The van der Waals surface area contributed by atoms with Crippen molar-refractivity contribution in [2.24, 2.45) is 17.3 Å². The van der Waals surface area contributed by atoms with E-state index in [9.17, 15) is 24.9 Å². The number of hydrogen-bond acceptors (Lipinski definition) is 8. The fraction of sp³-hybridized carbons (Fsp3) is 0.750. The molecule has 5 atom stereocenters. The van der Waals surface area contributed by atoms with Gasteiger partial charge in [0.1, 0.15) is 5.78 Å². The molecule has 4 N–H and O–H groups in total. The standard InChI is InChI=1S/C28H48N2O6S/c1-17(11-10-12-27(5,6)36-9)25(34)19(3)26(35)28(7,8)23(32)14-24(33)29-15-22(31)18(2)13-21-16-37-20(4)30-21/h13,16-17,19,22-23,25,31-32,34H,10-12,14-15H2,1-9H3,(H,29,33)/b18-13+. The lowest BCUT2D eigenvalue weighted by Crippen LogP contribution is -2.46. The van der Waals surface area contributed by atoms with Crippen molar-refractivity contribution in [1.82, 2.24) is 10.3 Å². The number of nitrogens with zero attached hydrogens (tertiary/aromatic N) is 1. The molecule has 0 aliphatic carbocycles. The van der Waals surface area contributed by atoms with Gasteiger partial charge in [0.15, 0.2) is 0 Å². The van der Waals surface area contributed by atoms with Gasteiger partial charge in [-0.2, -0.15) is 0 Å². The Morgan fingerprint density at radius 3 is 2.35 bits per heavy atom. The van der Waals surface area contributed by atoms with E-state index in [1.807, 2.05) is 33.1 Å². The van der Waals surface area contributed by atoms with Crippen LogP contribution in [0.3, 0.4) is 0 Å². The van der Waals surface area contributed by atoms with E-state index in [4.69, 9.17) is 4.74 Å². The lowest BCUT2D eigenvalue weighted by molar-refractivity contribution is -0.143. The number of nitrogens with one attached hydrogen (secondary N) is 1. The molecule has 1 aromatic heterocycles. The van der Waals surface area contributed by atoms with Crippen LogP contribution < -0.4 is 5.32 Å². The number of carbonyl (C=O) groups is 2. The smallest absolute Gasteiger partial charge is 0.222 e. The van der Waals surface area contributed by atoms with Crippen LogP contribution in [0.25, 0.3) is 6.08 Å². The average molecular weight is 541 g/mol. The second-order valence-corrected chi connectivity index (χ2v) is 12.5. The van der Waals surface area contributed by atoms with Gasteiger partial charge in [-0.05, 0) is 58.1 Å². The molecule has 8 nitrogen and oxygen atoms in total. The van der Waals surface area contributed by atoms with Gasteiger partial charge >= 0.3 is 0 Å². The van der Waals surface area contributed by atoms with Crippen LogP contribution in [0.2, 0.25) is 0 Å². The predicted octanol–water partition coefficient (Wildman–Crippen LogP) is 3.91. The van der Waals surface area contributed by atoms with Crippen molar-refractivity contribution in [3.8, 4) is 0 Å². The highest BCUT2D eigenvalue weighted by Gasteiger charge is 2.41. The number of aromatic nitrogens is 1. The molecule has 9 heteroatoms. The number of ketones is 1. The number of hydrogen-bond donors (Lipinski definition) is 4. The molecule has 0 saturated carbocycles. The van der Waals surface area contributed by atoms with Gasteiger partial charge in [-0.1, -0.05) is 34.1 Å².